The highest BCUT2D eigenvalue weighted by molar-refractivity contribution is 8.00. The maximum atomic E-state index is 3.63. The lowest BCUT2D eigenvalue weighted by molar-refractivity contribution is 0.487. The zero-order valence-corrected chi connectivity index (χ0v) is 8.49. The van der Waals surface area contributed by atoms with Gasteiger partial charge in [-0.15, -0.1) is 0 Å². The van der Waals surface area contributed by atoms with E-state index in [1.807, 2.05) is 0 Å². The fourth-order valence-corrected chi connectivity index (χ4v) is 3.38. The van der Waals surface area contributed by atoms with Gasteiger partial charge in [0, 0.05) is 23.6 Å². The van der Waals surface area contributed by atoms with Gasteiger partial charge in [-0.3, -0.25) is 0 Å². The van der Waals surface area contributed by atoms with Crippen molar-refractivity contribution in [2.75, 3.05) is 12.3 Å². The van der Waals surface area contributed by atoms with Crippen molar-refractivity contribution in [1.82, 2.24) is 5.32 Å². The van der Waals surface area contributed by atoms with E-state index in [0.717, 1.165) is 11.3 Å². The molecule has 1 aliphatic carbocycles. The molecule has 2 heteroatoms. The van der Waals surface area contributed by atoms with E-state index in [2.05, 4.69) is 30.1 Å². The Morgan fingerprint density at radius 3 is 3.42 bits per heavy atom. The van der Waals surface area contributed by atoms with E-state index in [1.54, 1.807) is 5.57 Å². The zero-order valence-electron chi connectivity index (χ0n) is 7.68. The van der Waals surface area contributed by atoms with Crippen LogP contribution in [0.15, 0.2) is 11.6 Å². The monoisotopic (exact) mass is 183 g/mol. The van der Waals surface area contributed by atoms with Crippen LogP contribution in [0.25, 0.3) is 0 Å². The van der Waals surface area contributed by atoms with Crippen molar-refractivity contribution in [3.63, 3.8) is 0 Å². The van der Waals surface area contributed by atoms with Gasteiger partial charge in [-0.1, -0.05) is 11.6 Å². The Kier molecular flexibility index (Phi) is 2.76. The summed E-state index contributed by atoms with van der Waals surface area (Å²) in [6.45, 7) is 3.47. The highest BCUT2D eigenvalue weighted by atomic mass is 32.2. The molecule has 0 radical (unpaired) electrons. The molecule has 0 aromatic rings. The molecule has 1 aliphatic heterocycles. The molecule has 1 nitrogen and oxygen atoms in total. The Morgan fingerprint density at radius 2 is 2.50 bits per heavy atom. The predicted molar refractivity (Wildman–Crippen MR) is 55.6 cm³/mol. The van der Waals surface area contributed by atoms with E-state index in [1.165, 1.54) is 31.6 Å². The van der Waals surface area contributed by atoms with Crippen molar-refractivity contribution in [1.29, 1.82) is 0 Å². The molecule has 12 heavy (non-hydrogen) atoms. The molecule has 0 saturated carbocycles. The molecule has 1 saturated heterocycles. The van der Waals surface area contributed by atoms with Crippen LogP contribution < -0.4 is 5.32 Å². The van der Waals surface area contributed by atoms with Gasteiger partial charge in [-0.2, -0.15) is 11.8 Å². The van der Waals surface area contributed by atoms with Crippen LogP contribution in [0, 0.1) is 0 Å². The van der Waals surface area contributed by atoms with Crippen LogP contribution >= 0.6 is 11.8 Å². The number of rotatable bonds is 0. The number of allylic oxidation sites excluding steroid dienone is 1. The third-order valence-corrected chi connectivity index (χ3v) is 4.21. The normalized spacial score (nSPS) is 36.6. The van der Waals surface area contributed by atoms with E-state index in [4.69, 9.17) is 0 Å². The topological polar surface area (TPSA) is 12.0 Å². The van der Waals surface area contributed by atoms with Crippen LogP contribution in [0.1, 0.15) is 26.2 Å². The van der Waals surface area contributed by atoms with Crippen molar-refractivity contribution in [3.8, 4) is 0 Å². The van der Waals surface area contributed by atoms with E-state index >= 15 is 0 Å². The van der Waals surface area contributed by atoms with Crippen molar-refractivity contribution in [2.24, 2.45) is 0 Å². The summed E-state index contributed by atoms with van der Waals surface area (Å²) < 4.78 is 0. The summed E-state index contributed by atoms with van der Waals surface area (Å²) in [6.07, 6.45) is 6.36. The second-order valence-electron chi connectivity index (χ2n) is 3.80. The van der Waals surface area contributed by atoms with E-state index in [-0.39, 0.29) is 0 Å². The van der Waals surface area contributed by atoms with E-state index in [9.17, 15) is 0 Å². The summed E-state index contributed by atoms with van der Waals surface area (Å²) in [5.41, 5.74) is 1.58. The molecule has 2 atom stereocenters. The SMILES string of the molecule is CC1=CCCC2SCCNC2C1. The highest BCUT2D eigenvalue weighted by Crippen LogP contribution is 2.29. The Morgan fingerprint density at radius 1 is 1.58 bits per heavy atom. The lowest BCUT2D eigenvalue weighted by Crippen LogP contribution is -2.43. The van der Waals surface area contributed by atoms with Crippen LogP contribution in [0.2, 0.25) is 0 Å². The van der Waals surface area contributed by atoms with Gasteiger partial charge in [-0.05, 0) is 26.2 Å². The number of hydrogen-bond donors (Lipinski definition) is 1. The molecule has 0 aromatic heterocycles. The summed E-state index contributed by atoms with van der Waals surface area (Å²) in [5.74, 6) is 1.31. The van der Waals surface area contributed by atoms with Crippen molar-refractivity contribution >= 4 is 11.8 Å². The average Bonchev–Trinajstić information content (AvgIpc) is 2.25. The first-order valence-corrected chi connectivity index (χ1v) is 5.92. The first-order chi connectivity index (χ1) is 5.86. The molecule has 0 amide bonds. The Bertz CT molecular complexity index is 188. The zero-order chi connectivity index (χ0) is 8.39. The number of hydrogen-bond acceptors (Lipinski definition) is 2. The molecule has 0 aromatic carbocycles. The summed E-state index contributed by atoms with van der Waals surface area (Å²) in [5, 5.41) is 4.51. The van der Waals surface area contributed by atoms with E-state index < -0.39 is 0 Å². The quantitative estimate of drug-likeness (QED) is 0.578. The maximum Gasteiger partial charge on any atom is 0.0224 e. The molecule has 0 spiro atoms. The van der Waals surface area contributed by atoms with Crippen LogP contribution in [0.4, 0.5) is 0 Å². The summed E-state index contributed by atoms with van der Waals surface area (Å²) in [7, 11) is 0. The minimum Gasteiger partial charge on any atom is -0.312 e. The van der Waals surface area contributed by atoms with Crippen LogP contribution in [-0.2, 0) is 0 Å². The first-order valence-electron chi connectivity index (χ1n) is 4.87. The molecule has 2 aliphatic rings. The van der Waals surface area contributed by atoms with Crippen molar-refractivity contribution in [3.05, 3.63) is 11.6 Å². The minimum absolute atomic E-state index is 0.766. The third-order valence-electron chi connectivity index (χ3n) is 2.78. The Labute approximate surface area is 79.0 Å². The van der Waals surface area contributed by atoms with Crippen molar-refractivity contribution < 1.29 is 0 Å². The van der Waals surface area contributed by atoms with Gasteiger partial charge in [0.25, 0.3) is 0 Å². The van der Waals surface area contributed by atoms with Crippen LogP contribution in [0.5, 0.6) is 0 Å². The van der Waals surface area contributed by atoms with Gasteiger partial charge >= 0.3 is 0 Å². The van der Waals surface area contributed by atoms with Crippen molar-refractivity contribution in [2.45, 2.75) is 37.5 Å². The molecule has 1 heterocycles. The van der Waals surface area contributed by atoms with Gasteiger partial charge < -0.3 is 5.32 Å². The smallest absolute Gasteiger partial charge is 0.0224 e. The molecule has 68 valence electrons. The van der Waals surface area contributed by atoms with Gasteiger partial charge in [-0.25, -0.2) is 0 Å². The van der Waals surface area contributed by atoms with Gasteiger partial charge in [0.15, 0.2) is 0 Å². The minimum atomic E-state index is 0.766. The molecule has 0 bridgehead atoms. The van der Waals surface area contributed by atoms with Gasteiger partial charge in [0.2, 0.25) is 0 Å². The summed E-state index contributed by atoms with van der Waals surface area (Å²) in [4.78, 5) is 0. The number of nitrogens with one attached hydrogen (secondary N) is 1. The van der Waals surface area contributed by atoms with E-state index in [0.29, 0.717) is 0 Å². The average molecular weight is 183 g/mol. The number of fused-ring (bicyclic) bond motifs is 1. The second kappa shape index (κ2) is 3.84. The fourth-order valence-electron chi connectivity index (χ4n) is 2.11. The standard InChI is InChI=1S/C10H17NS/c1-8-3-2-4-10-9(7-8)11-5-6-12-10/h3,9-11H,2,4-7H2,1H3. The molecular formula is C10H17NS. The highest BCUT2D eigenvalue weighted by Gasteiger charge is 2.26. The van der Waals surface area contributed by atoms with Crippen LogP contribution in [-0.4, -0.2) is 23.6 Å². The fraction of sp³-hybridized carbons (Fsp3) is 0.800. The Balaban J connectivity index is 2.02. The first kappa shape index (κ1) is 8.64. The predicted octanol–water partition coefficient (Wildman–Crippen LogP) is 2.19. The second-order valence-corrected chi connectivity index (χ2v) is 5.15. The van der Waals surface area contributed by atoms with Gasteiger partial charge in [0.05, 0.1) is 0 Å². The third kappa shape index (κ3) is 1.86. The molecule has 2 unspecified atom stereocenters. The molecule has 1 N–H and O–H groups in total. The lowest BCUT2D eigenvalue weighted by Gasteiger charge is -2.31. The number of thioether (sulfide) groups is 1. The Hall–Kier alpha value is 0.0500. The summed E-state index contributed by atoms with van der Waals surface area (Å²) in [6, 6.07) is 0.766. The molecular weight excluding hydrogens is 166 g/mol. The van der Waals surface area contributed by atoms with Crippen LogP contribution in [0.3, 0.4) is 0 Å². The molecule has 2 rings (SSSR count). The molecule has 1 fully saturated rings. The largest absolute Gasteiger partial charge is 0.312 e. The lowest BCUT2D eigenvalue weighted by atomic mass is 10.1. The van der Waals surface area contributed by atoms with Gasteiger partial charge in [0.1, 0.15) is 0 Å². The maximum absolute atomic E-state index is 3.63. The summed E-state index contributed by atoms with van der Waals surface area (Å²) >= 11 is 2.17.